The molecular weight excluding hydrogens is 302 g/mol. The predicted molar refractivity (Wildman–Crippen MR) is 79.6 cm³/mol. The number of aromatic hydroxyl groups is 1. The monoisotopic (exact) mass is 321 g/mol. The zero-order chi connectivity index (χ0) is 13.2. The summed E-state index contributed by atoms with van der Waals surface area (Å²) < 4.78 is 0.964. The highest BCUT2D eigenvalue weighted by Gasteiger charge is 2.57. The molecule has 0 radical (unpaired) electrons. The number of nitrogens with zero attached hydrogens (tertiary/aromatic N) is 1. The fraction of sp³-hybridized carbons (Fsp3) is 0.625. The van der Waals surface area contributed by atoms with Crippen molar-refractivity contribution >= 4 is 15.9 Å². The number of rotatable bonds is 0. The predicted octanol–water partition coefficient (Wildman–Crippen LogP) is 3.45. The van der Waals surface area contributed by atoms with Gasteiger partial charge < -0.3 is 10.0 Å². The molecule has 1 saturated heterocycles. The van der Waals surface area contributed by atoms with E-state index in [1.807, 2.05) is 6.07 Å². The molecule has 3 heteroatoms. The molecule has 1 unspecified atom stereocenters. The Balaban J connectivity index is 1.97. The lowest BCUT2D eigenvalue weighted by Crippen LogP contribution is -2.44. The Labute approximate surface area is 122 Å². The first-order chi connectivity index (χ1) is 9.13. The summed E-state index contributed by atoms with van der Waals surface area (Å²) in [5.74, 6) is 1.20. The molecular formula is C16H20BrNO. The van der Waals surface area contributed by atoms with Crippen molar-refractivity contribution in [2.45, 2.75) is 43.6 Å². The van der Waals surface area contributed by atoms with Gasteiger partial charge in [-0.05, 0) is 65.4 Å². The third-order valence-electron chi connectivity index (χ3n) is 5.79. The van der Waals surface area contributed by atoms with Gasteiger partial charge in [-0.25, -0.2) is 0 Å². The first-order valence-electron chi connectivity index (χ1n) is 7.34. The maximum Gasteiger partial charge on any atom is 0.130 e. The van der Waals surface area contributed by atoms with Gasteiger partial charge in [-0.1, -0.05) is 18.9 Å². The van der Waals surface area contributed by atoms with Crippen LogP contribution >= 0.6 is 15.9 Å². The van der Waals surface area contributed by atoms with Crippen molar-refractivity contribution in [3.8, 4) is 5.75 Å². The first-order valence-corrected chi connectivity index (χ1v) is 8.14. The second kappa shape index (κ2) is 3.98. The second-order valence-electron chi connectivity index (χ2n) is 6.63. The first kappa shape index (κ1) is 12.2. The van der Waals surface area contributed by atoms with Gasteiger partial charge in [0.05, 0.1) is 4.47 Å². The summed E-state index contributed by atoms with van der Waals surface area (Å²) in [7, 11) is 2.28. The van der Waals surface area contributed by atoms with Crippen LogP contribution in [0.3, 0.4) is 0 Å². The molecule has 1 aliphatic heterocycles. The Bertz CT molecular complexity index is 544. The van der Waals surface area contributed by atoms with Crippen LogP contribution in [0, 0.1) is 5.92 Å². The van der Waals surface area contributed by atoms with E-state index in [4.69, 9.17) is 0 Å². The van der Waals surface area contributed by atoms with Crippen molar-refractivity contribution in [1.82, 2.24) is 4.90 Å². The average molecular weight is 322 g/mol. The molecule has 1 saturated carbocycles. The van der Waals surface area contributed by atoms with Gasteiger partial charge in [-0.2, -0.15) is 0 Å². The number of hydrogen-bond donors (Lipinski definition) is 1. The summed E-state index contributed by atoms with van der Waals surface area (Å²) in [5, 5.41) is 10.1. The van der Waals surface area contributed by atoms with Crippen molar-refractivity contribution in [3.05, 3.63) is 27.7 Å². The molecule has 0 spiro atoms. The van der Waals surface area contributed by atoms with E-state index in [9.17, 15) is 5.11 Å². The van der Waals surface area contributed by atoms with E-state index in [1.165, 1.54) is 36.8 Å². The Morgan fingerprint density at radius 2 is 2.21 bits per heavy atom. The Kier molecular flexibility index (Phi) is 2.56. The van der Waals surface area contributed by atoms with Gasteiger partial charge in [0.1, 0.15) is 5.75 Å². The number of halogens is 1. The topological polar surface area (TPSA) is 23.5 Å². The maximum atomic E-state index is 10.1. The molecule has 2 nitrogen and oxygen atoms in total. The molecule has 2 aliphatic carbocycles. The average Bonchev–Trinajstić information content (AvgIpc) is 2.61. The van der Waals surface area contributed by atoms with Gasteiger partial charge >= 0.3 is 0 Å². The zero-order valence-electron chi connectivity index (χ0n) is 11.3. The summed E-state index contributed by atoms with van der Waals surface area (Å²) in [4.78, 5) is 2.57. The van der Waals surface area contributed by atoms with Crippen molar-refractivity contribution in [2.24, 2.45) is 5.92 Å². The third kappa shape index (κ3) is 1.46. The van der Waals surface area contributed by atoms with E-state index in [2.05, 4.69) is 33.9 Å². The zero-order valence-corrected chi connectivity index (χ0v) is 12.9. The highest BCUT2D eigenvalue weighted by Crippen LogP contribution is 2.58. The number of phenols is 1. The van der Waals surface area contributed by atoms with Crippen molar-refractivity contribution in [3.63, 3.8) is 0 Å². The molecule has 3 atom stereocenters. The molecule has 1 aromatic rings. The molecule has 0 amide bonds. The highest BCUT2D eigenvalue weighted by atomic mass is 79.9. The van der Waals surface area contributed by atoms with E-state index in [1.54, 1.807) is 0 Å². The van der Waals surface area contributed by atoms with Crippen LogP contribution in [0.25, 0.3) is 0 Å². The van der Waals surface area contributed by atoms with E-state index in [-0.39, 0.29) is 0 Å². The standard InChI is InChI=1S/C16H20BrNO/c1-18-9-16-7-3-2-4-11(16)12(18)8-10-5-6-13(19)15(17)14(10)16/h5-6,11-12,19H,2-4,7-9H2,1H3/t11?,12-,16-/m0/s1. The fourth-order valence-corrected chi connectivity index (χ4v) is 5.90. The molecule has 102 valence electrons. The number of hydrogen-bond acceptors (Lipinski definition) is 2. The Morgan fingerprint density at radius 1 is 1.37 bits per heavy atom. The van der Waals surface area contributed by atoms with E-state index in [0.717, 1.165) is 23.4 Å². The van der Waals surface area contributed by atoms with Crippen molar-refractivity contribution < 1.29 is 5.11 Å². The van der Waals surface area contributed by atoms with Crippen LogP contribution in [0.1, 0.15) is 36.8 Å². The summed E-state index contributed by atoms with van der Waals surface area (Å²) in [6.07, 6.45) is 6.50. The largest absolute Gasteiger partial charge is 0.507 e. The van der Waals surface area contributed by atoms with Gasteiger partial charge in [0.15, 0.2) is 0 Å². The van der Waals surface area contributed by atoms with Crippen LogP contribution in [-0.2, 0) is 11.8 Å². The summed E-state index contributed by atoms with van der Waals surface area (Å²) in [6, 6.07) is 4.71. The minimum atomic E-state index is 0.294. The van der Waals surface area contributed by atoms with Crippen LogP contribution in [0.4, 0.5) is 0 Å². The van der Waals surface area contributed by atoms with Gasteiger partial charge in [0.2, 0.25) is 0 Å². The van der Waals surface area contributed by atoms with Gasteiger partial charge in [0.25, 0.3) is 0 Å². The van der Waals surface area contributed by atoms with Gasteiger partial charge in [0, 0.05) is 18.0 Å². The second-order valence-corrected chi connectivity index (χ2v) is 7.42. The summed E-state index contributed by atoms with van der Waals surface area (Å²) in [5.41, 5.74) is 3.18. The lowest BCUT2D eigenvalue weighted by Gasteiger charge is -2.45. The van der Waals surface area contributed by atoms with E-state index in [0.29, 0.717) is 17.2 Å². The number of likely N-dealkylation sites (tertiary alicyclic amines) is 1. The van der Waals surface area contributed by atoms with Crippen molar-refractivity contribution in [1.29, 1.82) is 0 Å². The van der Waals surface area contributed by atoms with Crippen LogP contribution in [0.15, 0.2) is 16.6 Å². The van der Waals surface area contributed by atoms with Crippen LogP contribution < -0.4 is 0 Å². The SMILES string of the molecule is CN1C[C@@]23CCCCC2[C@@H]1Cc1ccc(O)c(Br)c13. The fourth-order valence-electron chi connectivity index (χ4n) is 5.12. The minimum Gasteiger partial charge on any atom is -0.507 e. The quantitative estimate of drug-likeness (QED) is 0.791. The normalized spacial score (nSPS) is 36.9. The molecule has 0 aromatic heterocycles. The third-order valence-corrected chi connectivity index (χ3v) is 6.60. The number of likely N-dealkylation sites (N-methyl/N-ethyl adjacent to an activating group) is 1. The smallest absolute Gasteiger partial charge is 0.130 e. The molecule has 19 heavy (non-hydrogen) atoms. The van der Waals surface area contributed by atoms with Crippen LogP contribution in [0.5, 0.6) is 5.75 Å². The molecule has 1 heterocycles. The number of fused-ring (bicyclic) bond motifs is 1. The molecule has 2 bridgehead atoms. The summed E-state index contributed by atoms with van der Waals surface area (Å²) in [6.45, 7) is 1.16. The van der Waals surface area contributed by atoms with Gasteiger partial charge in [-0.3, -0.25) is 0 Å². The number of phenolic OH excluding ortho intramolecular Hbond substituents is 1. The molecule has 3 aliphatic rings. The molecule has 4 rings (SSSR count). The minimum absolute atomic E-state index is 0.294. The molecule has 1 N–H and O–H groups in total. The Morgan fingerprint density at radius 3 is 3.05 bits per heavy atom. The number of benzene rings is 1. The molecule has 1 aromatic carbocycles. The van der Waals surface area contributed by atoms with E-state index >= 15 is 0 Å². The van der Waals surface area contributed by atoms with Gasteiger partial charge in [-0.15, -0.1) is 0 Å². The van der Waals surface area contributed by atoms with Crippen LogP contribution in [-0.4, -0.2) is 29.6 Å². The Hall–Kier alpha value is -0.540. The van der Waals surface area contributed by atoms with E-state index < -0.39 is 0 Å². The summed E-state index contributed by atoms with van der Waals surface area (Å²) >= 11 is 3.67. The lowest BCUT2D eigenvalue weighted by atomic mass is 9.58. The highest BCUT2D eigenvalue weighted by molar-refractivity contribution is 9.10. The maximum absolute atomic E-state index is 10.1. The lowest BCUT2D eigenvalue weighted by molar-refractivity contribution is 0.190. The molecule has 2 fully saturated rings. The van der Waals surface area contributed by atoms with Crippen molar-refractivity contribution in [2.75, 3.05) is 13.6 Å². The van der Waals surface area contributed by atoms with Crippen LogP contribution in [0.2, 0.25) is 0 Å².